The second kappa shape index (κ2) is 3.02. The molecule has 0 aromatic carbocycles. The van der Waals surface area contributed by atoms with Gasteiger partial charge in [-0.2, -0.15) is 0 Å². The number of rotatable bonds is 1. The van der Waals surface area contributed by atoms with Crippen LogP contribution in [0.25, 0.3) is 0 Å². The van der Waals surface area contributed by atoms with E-state index in [0.29, 0.717) is 0 Å². The molecule has 0 aromatic heterocycles. The van der Waals surface area contributed by atoms with E-state index in [2.05, 4.69) is 26.8 Å². The molecular weight excluding hydrogens is 100 g/mol. The van der Waals surface area contributed by atoms with Gasteiger partial charge in [-0.05, 0) is 19.4 Å². The van der Waals surface area contributed by atoms with Crippen molar-refractivity contribution in [3.63, 3.8) is 0 Å². The van der Waals surface area contributed by atoms with Crippen molar-refractivity contribution in [2.24, 2.45) is 0 Å². The average Bonchev–Trinajstić information content (AvgIpc) is 1.65. The van der Waals surface area contributed by atoms with Crippen LogP contribution in [-0.2, 0) is 0 Å². The second-order valence-corrected chi connectivity index (χ2v) is 3.92. The highest BCUT2D eigenvalue weighted by Crippen LogP contribution is 2.09. The van der Waals surface area contributed by atoms with E-state index in [9.17, 15) is 0 Å². The van der Waals surface area contributed by atoms with E-state index in [-0.39, 0.29) is 0 Å². The molecule has 1 heteroatoms. The topological polar surface area (TPSA) is 0 Å². The Morgan fingerprint density at radius 3 is 2.14 bits per heavy atom. The molecule has 0 aliphatic rings. The van der Waals surface area contributed by atoms with Crippen molar-refractivity contribution in [3.8, 4) is 0 Å². The largest absolute Gasteiger partial charge is 0.0888 e. The van der Waals surface area contributed by atoms with Crippen molar-refractivity contribution in [2.75, 3.05) is 0 Å². The maximum Gasteiger partial charge on any atom is 0.0115 e. The van der Waals surface area contributed by atoms with Crippen molar-refractivity contribution in [2.45, 2.75) is 26.3 Å². The molecule has 42 valence electrons. The summed E-state index contributed by atoms with van der Waals surface area (Å²) >= 11 is 0. The number of hydrogen-bond acceptors (Lipinski definition) is 0. The van der Waals surface area contributed by atoms with Gasteiger partial charge in [0.2, 0.25) is 0 Å². The summed E-state index contributed by atoms with van der Waals surface area (Å²) in [6.07, 6.45) is 2.19. The molecule has 0 fully saturated rings. The zero-order chi connectivity index (χ0) is 5.86. The molecule has 0 rings (SSSR count). The first-order valence-electron chi connectivity index (χ1n) is 2.81. The van der Waals surface area contributed by atoms with Crippen LogP contribution in [0.5, 0.6) is 0 Å². The van der Waals surface area contributed by atoms with Crippen molar-refractivity contribution >= 4 is 10.2 Å². The van der Waals surface area contributed by atoms with Crippen LogP contribution in [0.4, 0.5) is 0 Å². The van der Waals surface area contributed by atoms with E-state index in [0.717, 1.165) is 5.54 Å². The van der Waals surface area contributed by atoms with Gasteiger partial charge in [-0.15, -0.1) is 0 Å². The Morgan fingerprint density at radius 1 is 1.71 bits per heavy atom. The molecule has 0 bridgehead atoms. The zero-order valence-corrected chi connectivity index (χ0v) is 7.65. The highest BCUT2D eigenvalue weighted by molar-refractivity contribution is 6.13. The lowest BCUT2D eigenvalue weighted by Gasteiger charge is -2.00. The Labute approximate surface area is 49.0 Å². The first-order valence-corrected chi connectivity index (χ1v) is 3.96. The molecule has 0 aliphatic heterocycles. The summed E-state index contributed by atoms with van der Waals surface area (Å²) in [6.45, 7) is 6.56. The molecule has 1 atom stereocenters. The summed E-state index contributed by atoms with van der Waals surface area (Å²) in [5.41, 5.74) is 2.40. The van der Waals surface area contributed by atoms with E-state index in [1.807, 2.05) is 0 Å². The minimum absolute atomic E-state index is 0.866. The average molecular weight is 114 g/mol. The van der Waals surface area contributed by atoms with E-state index in [4.69, 9.17) is 0 Å². The summed E-state index contributed by atoms with van der Waals surface area (Å²) in [7, 11) is 1.29. The van der Waals surface area contributed by atoms with Gasteiger partial charge in [0, 0.05) is 10.2 Å². The van der Waals surface area contributed by atoms with Gasteiger partial charge in [-0.1, -0.05) is 18.6 Å². The molecular formula is C6H14Si. The van der Waals surface area contributed by atoms with Gasteiger partial charge >= 0.3 is 0 Å². The minimum atomic E-state index is 0.866. The highest BCUT2D eigenvalue weighted by Gasteiger charge is 1.90. The number of hydrogen-bond donors (Lipinski definition) is 0. The molecule has 0 N–H and O–H groups in total. The Morgan fingerprint density at radius 2 is 2.14 bits per heavy atom. The van der Waals surface area contributed by atoms with Crippen LogP contribution in [-0.4, -0.2) is 10.2 Å². The van der Waals surface area contributed by atoms with E-state index in [1.54, 1.807) is 0 Å². The zero-order valence-electron chi connectivity index (χ0n) is 5.65. The lowest BCUT2D eigenvalue weighted by molar-refractivity contribution is 1.08. The van der Waals surface area contributed by atoms with Gasteiger partial charge in [0.05, 0.1) is 0 Å². The monoisotopic (exact) mass is 114 g/mol. The third-order valence-electron chi connectivity index (χ3n) is 1.37. The predicted molar refractivity (Wildman–Crippen MR) is 38.8 cm³/mol. The van der Waals surface area contributed by atoms with Gasteiger partial charge in [-0.3, -0.25) is 0 Å². The maximum absolute atomic E-state index is 2.27. The van der Waals surface area contributed by atoms with Gasteiger partial charge in [0.15, 0.2) is 0 Å². The lowest BCUT2D eigenvalue weighted by Crippen LogP contribution is -1.84. The standard InChI is InChI=1S/C6H14Si/c1-4-5(2)6(3)7/h4,6H,1-3,7H3. The minimum Gasteiger partial charge on any atom is -0.0888 e. The van der Waals surface area contributed by atoms with Crippen molar-refractivity contribution in [3.05, 3.63) is 11.6 Å². The maximum atomic E-state index is 2.27. The summed E-state index contributed by atoms with van der Waals surface area (Å²) in [4.78, 5) is 0. The third-order valence-corrected chi connectivity index (χ3v) is 2.28. The first-order chi connectivity index (χ1) is 3.18. The quantitative estimate of drug-likeness (QED) is 0.354. The Kier molecular flexibility index (Phi) is 3.01. The molecule has 0 radical (unpaired) electrons. The summed E-state index contributed by atoms with van der Waals surface area (Å²) in [6, 6.07) is 0. The molecule has 0 aliphatic carbocycles. The van der Waals surface area contributed by atoms with Gasteiger partial charge in [0.25, 0.3) is 0 Å². The fourth-order valence-corrected chi connectivity index (χ4v) is 0.667. The second-order valence-electron chi connectivity index (χ2n) is 2.19. The van der Waals surface area contributed by atoms with Crippen molar-refractivity contribution < 1.29 is 0 Å². The normalized spacial score (nSPS) is 17.3. The molecule has 0 aromatic rings. The summed E-state index contributed by atoms with van der Waals surface area (Å²) < 4.78 is 0. The molecule has 0 saturated carbocycles. The van der Waals surface area contributed by atoms with E-state index < -0.39 is 0 Å². The molecule has 0 nitrogen and oxygen atoms in total. The molecule has 0 amide bonds. The Bertz CT molecular complexity index is 72.2. The van der Waals surface area contributed by atoms with Gasteiger partial charge in [0.1, 0.15) is 0 Å². The van der Waals surface area contributed by atoms with Crippen LogP contribution in [0.1, 0.15) is 20.8 Å². The summed E-state index contributed by atoms with van der Waals surface area (Å²) in [5.74, 6) is 0. The predicted octanol–water partition coefficient (Wildman–Crippen LogP) is 1.13. The fraction of sp³-hybridized carbons (Fsp3) is 0.667. The van der Waals surface area contributed by atoms with Gasteiger partial charge in [-0.25, -0.2) is 0 Å². The van der Waals surface area contributed by atoms with Crippen LogP contribution in [0.3, 0.4) is 0 Å². The van der Waals surface area contributed by atoms with Crippen LogP contribution in [0.2, 0.25) is 5.54 Å². The van der Waals surface area contributed by atoms with Gasteiger partial charge < -0.3 is 0 Å². The Balaban J connectivity index is 3.56. The molecule has 1 unspecified atom stereocenters. The van der Waals surface area contributed by atoms with Crippen LogP contribution >= 0.6 is 0 Å². The van der Waals surface area contributed by atoms with Crippen LogP contribution in [0, 0.1) is 0 Å². The molecule has 0 heterocycles. The third kappa shape index (κ3) is 2.63. The fourth-order valence-electron chi connectivity index (χ4n) is 0.333. The van der Waals surface area contributed by atoms with Crippen LogP contribution < -0.4 is 0 Å². The smallest absolute Gasteiger partial charge is 0.0115 e. The number of allylic oxidation sites excluding steroid dienone is 2. The summed E-state index contributed by atoms with van der Waals surface area (Å²) in [5, 5.41) is 0. The van der Waals surface area contributed by atoms with Crippen LogP contribution in [0.15, 0.2) is 11.6 Å². The van der Waals surface area contributed by atoms with E-state index in [1.165, 1.54) is 15.8 Å². The highest BCUT2D eigenvalue weighted by atomic mass is 28.1. The lowest BCUT2D eigenvalue weighted by atomic mass is 10.2. The SMILES string of the molecule is CC=C(C)C(C)[SiH3]. The first kappa shape index (κ1) is 6.96. The van der Waals surface area contributed by atoms with Crippen molar-refractivity contribution in [1.29, 1.82) is 0 Å². The Hall–Kier alpha value is -0.0431. The molecule has 0 saturated heterocycles. The molecule has 0 spiro atoms. The molecule has 7 heavy (non-hydrogen) atoms. The van der Waals surface area contributed by atoms with Crippen molar-refractivity contribution in [1.82, 2.24) is 0 Å². The van der Waals surface area contributed by atoms with E-state index >= 15 is 0 Å².